The second kappa shape index (κ2) is 5.83. The molecule has 1 N–H and O–H groups in total. The van der Waals surface area contributed by atoms with Crippen molar-refractivity contribution in [1.82, 2.24) is 9.97 Å². The van der Waals surface area contributed by atoms with Crippen molar-refractivity contribution in [2.45, 2.75) is 17.8 Å². The fraction of sp³-hybridized carbons (Fsp3) is 0.111. The van der Waals surface area contributed by atoms with E-state index in [0.29, 0.717) is 10.5 Å². The van der Waals surface area contributed by atoms with Crippen LogP contribution in [0.3, 0.4) is 0 Å². The third-order valence-corrected chi connectivity index (χ3v) is 5.61. The zero-order valence-electron chi connectivity index (χ0n) is 12.5. The smallest absolute Gasteiger partial charge is 0.260 e. The SMILES string of the molecule is Cc1cc2c(=O)[nH]c(SCc3cccc4ccccc34)nc2s1. The van der Waals surface area contributed by atoms with Crippen molar-refractivity contribution >= 4 is 44.1 Å². The number of rotatable bonds is 3. The molecule has 0 saturated carbocycles. The van der Waals surface area contributed by atoms with Gasteiger partial charge in [-0.2, -0.15) is 0 Å². The van der Waals surface area contributed by atoms with Crippen LogP contribution in [0.1, 0.15) is 10.4 Å². The highest BCUT2D eigenvalue weighted by Gasteiger charge is 2.08. The van der Waals surface area contributed by atoms with Crippen molar-refractivity contribution in [3.8, 4) is 0 Å². The average Bonchev–Trinajstić information content (AvgIpc) is 2.94. The van der Waals surface area contributed by atoms with Crippen LogP contribution >= 0.6 is 23.1 Å². The molecule has 4 rings (SSSR count). The van der Waals surface area contributed by atoms with E-state index < -0.39 is 0 Å². The Morgan fingerprint density at radius 1 is 1.13 bits per heavy atom. The summed E-state index contributed by atoms with van der Waals surface area (Å²) in [7, 11) is 0. The van der Waals surface area contributed by atoms with E-state index in [1.54, 1.807) is 23.1 Å². The van der Waals surface area contributed by atoms with Crippen LogP contribution in [-0.2, 0) is 5.75 Å². The second-order valence-corrected chi connectivity index (χ2v) is 7.57. The molecule has 2 aromatic heterocycles. The first-order chi connectivity index (χ1) is 11.2. The van der Waals surface area contributed by atoms with Crippen molar-refractivity contribution in [3.05, 3.63) is 69.3 Å². The Bertz CT molecular complexity index is 1060. The molecule has 5 heteroatoms. The zero-order valence-corrected chi connectivity index (χ0v) is 14.1. The molecule has 4 aromatic rings. The van der Waals surface area contributed by atoms with Gasteiger partial charge in [-0.1, -0.05) is 54.2 Å². The Morgan fingerprint density at radius 2 is 1.96 bits per heavy atom. The predicted molar refractivity (Wildman–Crippen MR) is 98.5 cm³/mol. The molecular weight excluding hydrogens is 324 g/mol. The zero-order chi connectivity index (χ0) is 15.8. The lowest BCUT2D eigenvalue weighted by Gasteiger charge is -2.06. The van der Waals surface area contributed by atoms with Crippen LogP contribution in [0.4, 0.5) is 0 Å². The van der Waals surface area contributed by atoms with Crippen molar-refractivity contribution in [2.75, 3.05) is 0 Å². The summed E-state index contributed by atoms with van der Waals surface area (Å²) in [6.45, 7) is 1.99. The van der Waals surface area contributed by atoms with Crippen LogP contribution < -0.4 is 5.56 Å². The van der Waals surface area contributed by atoms with Crippen molar-refractivity contribution in [3.63, 3.8) is 0 Å². The van der Waals surface area contributed by atoms with Crippen LogP contribution in [-0.4, -0.2) is 9.97 Å². The fourth-order valence-electron chi connectivity index (χ4n) is 2.67. The average molecular weight is 338 g/mol. The Balaban J connectivity index is 1.67. The maximum atomic E-state index is 12.1. The molecular formula is C18H14N2OS2. The first kappa shape index (κ1) is 14.5. The lowest BCUT2D eigenvalue weighted by molar-refractivity contribution is 0.980. The van der Waals surface area contributed by atoms with Crippen LogP contribution in [0.2, 0.25) is 0 Å². The third kappa shape index (κ3) is 2.78. The van der Waals surface area contributed by atoms with E-state index in [4.69, 9.17) is 0 Å². The van der Waals surface area contributed by atoms with E-state index >= 15 is 0 Å². The van der Waals surface area contributed by atoms with Gasteiger partial charge in [0, 0.05) is 10.6 Å². The van der Waals surface area contributed by atoms with E-state index in [2.05, 4.69) is 46.4 Å². The van der Waals surface area contributed by atoms with Crippen molar-refractivity contribution in [2.24, 2.45) is 0 Å². The molecule has 0 aliphatic heterocycles. The van der Waals surface area contributed by atoms with Crippen molar-refractivity contribution < 1.29 is 0 Å². The number of benzene rings is 2. The number of thioether (sulfide) groups is 1. The molecule has 0 fully saturated rings. The molecule has 0 amide bonds. The molecule has 0 spiro atoms. The van der Waals surface area contributed by atoms with Gasteiger partial charge in [0.2, 0.25) is 0 Å². The van der Waals surface area contributed by atoms with Gasteiger partial charge >= 0.3 is 0 Å². The monoisotopic (exact) mass is 338 g/mol. The van der Waals surface area contributed by atoms with Crippen molar-refractivity contribution in [1.29, 1.82) is 0 Å². The summed E-state index contributed by atoms with van der Waals surface area (Å²) >= 11 is 3.13. The minimum Gasteiger partial charge on any atom is -0.301 e. The van der Waals surface area contributed by atoms with Gasteiger partial charge in [0.1, 0.15) is 4.83 Å². The first-order valence-corrected chi connectivity index (χ1v) is 9.11. The number of nitrogens with zero attached hydrogens (tertiary/aromatic N) is 1. The quantitative estimate of drug-likeness (QED) is 0.433. The van der Waals surface area contributed by atoms with Gasteiger partial charge < -0.3 is 4.98 Å². The molecule has 2 aromatic carbocycles. The number of hydrogen-bond acceptors (Lipinski definition) is 4. The van der Waals surface area contributed by atoms with Crippen LogP contribution in [0.5, 0.6) is 0 Å². The number of aromatic amines is 1. The maximum Gasteiger partial charge on any atom is 0.260 e. The van der Waals surface area contributed by atoms with Gasteiger partial charge in [0.05, 0.1) is 5.39 Å². The Morgan fingerprint density at radius 3 is 2.87 bits per heavy atom. The van der Waals surface area contributed by atoms with Crippen LogP contribution in [0, 0.1) is 6.92 Å². The highest BCUT2D eigenvalue weighted by atomic mass is 32.2. The maximum absolute atomic E-state index is 12.1. The van der Waals surface area contributed by atoms with Gasteiger partial charge in [-0.05, 0) is 29.3 Å². The molecule has 23 heavy (non-hydrogen) atoms. The largest absolute Gasteiger partial charge is 0.301 e. The lowest BCUT2D eigenvalue weighted by Crippen LogP contribution is -2.07. The number of H-pyrrole nitrogens is 1. The number of hydrogen-bond donors (Lipinski definition) is 1. The molecule has 0 radical (unpaired) electrons. The topological polar surface area (TPSA) is 45.8 Å². The van der Waals surface area contributed by atoms with E-state index in [0.717, 1.165) is 15.5 Å². The van der Waals surface area contributed by atoms with Gasteiger partial charge in [0.15, 0.2) is 5.16 Å². The molecule has 2 heterocycles. The number of thiophene rings is 1. The van der Waals surface area contributed by atoms with Crippen LogP contribution in [0.15, 0.2) is 58.5 Å². The van der Waals surface area contributed by atoms with Gasteiger partial charge in [-0.25, -0.2) is 4.98 Å². The number of nitrogens with one attached hydrogen (secondary N) is 1. The Hall–Kier alpha value is -2.11. The van der Waals surface area contributed by atoms with E-state index in [1.807, 2.05) is 19.1 Å². The summed E-state index contributed by atoms with van der Waals surface area (Å²) in [5.41, 5.74) is 1.19. The first-order valence-electron chi connectivity index (χ1n) is 7.30. The summed E-state index contributed by atoms with van der Waals surface area (Å²) in [4.78, 5) is 21.5. The molecule has 0 bridgehead atoms. The summed E-state index contributed by atoms with van der Waals surface area (Å²) in [6, 6.07) is 16.6. The molecule has 0 unspecified atom stereocenters. The Kier molecular flexibility index (Phi) is 3.67. The van der Waals surface area contributed by atoms with E-state index in [1.165, 1.54) is 16.3 Å². The fourth-order valence-corrected chi connectivity index (χ4v) is 4.47. The number of aromatic nitrogens is 2. The molecule has 3 nitrogen and oxygen atoms in total. The molecule has 0 aliphatic rings. The van der Waals surface area contributed by atoms with E-state index in [9.17, 15) is 4.79 Å². The minimum atomic E-state index is -0.0558. The summed E-state index contributed by atoms with van der Waals surface area (Å²) in [5.74, 6) is 0.778. The van der Waals surface area contributed by atoms with Crippen LogP contribution in [0.25, 0.3) is 21.0 Å². The normalized spacial score (nSPS) is 11.3. The minimum absolute atomic E-state index is 0.0558. The standard InChI is InChI=1S/C18H14N2OS2/c1-11-9-15-16(21)19-18(20-17(15)23-11)22-10-13-7-4-6-12-5-2-3-8-14(12)13/h2-9H,10H2,1H3,(H,19,20,21). The highest BCUT2D eigenvalue weighted by Crippen LogP contribution is 2.27. The third-order valence-electron chi connectivity index (χ3n) is 3.75. The molecule has 114 valence electrons. The molecule has 0 aliphatic carbocycles. The van der Waals surface area contributed by atoms with E-state index in [-0.39, 0.29) is 5.56 Å². The predicted octanol–water partition coefficient (Wildman–Crippen LogP) is 4.74. The van der Waals surface area contributed by atoms with Gasteiger partial charge in [-0.15, -0.1) is 11.3 Å². The van der Waals surface area contributed by atoms with Gasteiger partial charge in [-0.3, -0.25) is 4.79 Å². The Labute approximate surface area is 141 Å². The highest BCUT2D eigenvalue weighted by molar-refractivity contribution is 7.98. The summed E-state index contributed by atoms with van der Waals surface area (Å²) in [5, 5.41) is 3.84. The molecule has 0 saturated heterocycles. The summed E-state index contributed by atoms with van der Waals surface area (Å²) < 4.78 is 0. The number of fused-ring (bicyclic) bond motifs is 2. The lowest BCUT2D eigenvalue weighted by atomic mass is 10.1. The van der Waals surface area contributed by atoms with Gasteiger partial charge in [0.25, 0.3) is 5.56 Å². The summed E-state index contributed by atoms with van der Waals surface area (Å²) in [6.07, 6.45) is 0. The number of aryl methyl sites for hydroxylation is 1. The molecule has 0 atom stereocenters. The second-order valence-electron chi connectivity index (χ2n) is 5.37.